The summed E-state index contributed by atoms with van der Waals surface area (Å²) in [5.74, 6) is 1.80. The molecule has 0 aliphatic carbocycles. The molecule has 0 fully saturated rings. The van der Waals surface area contributed by atoms with Crippen molar-refractivity contribution in [3.63, 3.8) is 0 Å². The summed E-state index contributed by atoms with van der Waals surface area (Å²) < 4.78 is 17.4. The maximum absolute atomic E-state index is 13.6. The summed E-state index contributed by atoms with van der Waals surface area (Å²) in [6.45, 7) is 2.79. The fraction of sp³-hybridized carbons (Fsp3) is 0.161. The number of H-pyrrole nitrogens is 1. The first kappa shape index (κ1) is 23.6. The Morgan fingerprint density at radius 1 is 0.974 bits per heavy atom. The van der Waals surface area contributed by atoms with Crippen LogP contribution in [0.5, 0.6) is 11.5 Å². The van der Waals surface area contributed by atoms with Gasteiger partial charge in [0.05, 0.1) is 31.7 Å². The summed E-state index contributed by atoms with van der Waals surface area (Å²) >= 11 is 0. The Bertz CT molecular complexity index is 1560. The van der Waals surface area contributed by atoms with Crippen molar-refractivity contribution in [1.29, 1.82) is 0 Å². The van der Waals surface area contributed by atoms with Crippen LogP contribution in [0.3, 0.4) is 0 Å². The van der Waals surface area contributed by atoms with Gasteiger partial charge in [0, 0.05) is 11.1 Å². The zero-order chi connectivity index (χ0) is 26.1. The summed E-state index contributed by atoms with van der Waals surface area (Å²) in [5, 5.41) is 7.58. The highest BCUT2D eigenvalue weighted by molar-refractivity contribution is 6.00. The topological polar surface area (TPSA) is 80.6 Å². The lowest BCUT2D eigenvalue weighted by molar-refractivity contribution is 0.0716. The van der Waals surface area contributed by atoms with Crippen molar-refractivity contribution in [1.82, 2.24) is 15.1 Å². The molecule has 1 amide bonds. The first-order chi connectivity index (χ1) is 18.6. The Hall–Kier alpha value is -4.78. The minimum absolute atomic E-state index is 0.129. The number of fused-ring (bicyclic) bond motifs is 1. The molecular formula is C31H27N3O4. The first-order valence-corrected chi connectivity index (χ1v) is 12.5. The van der Waals surface area contributed by atoms with E-state index in [-0.39, 0.29) is 5.91 Å². The zero-order valence-electron chi connectivity index (χ0n) is 21.2. The minimum atomic E-state index is -0.394. The van der Waals surface area contributed by atoms with Crippen molar-refractivity contribution >= 4 is 5.91 Å². The van der Waals surface area contributed by atoms with Gasteiger partial charge in [0.25, 0.3) is 5.91 Å². The average Bonchev–Trinajstić information content (AvgIpc) is 3.68. The molecule has 6 rings (SSSR count). The molecule has 0 spiro atoms. The third-order valence-corrected chi connectivity index (χ3v) is 6.84. The smallest absolute Gasteiger partial charge is 0.273 e. The third kappa shape index (κ3) is 4.32. The Labute approximate surface area is 220 Å². The molecule has 1 N–H and O–H groups in total. The second-order valence-electron chi connectivity index (χ2n) is 9.33. The van der Waals surface area contributed by atoms with Gasteiger partial charge in [-0.15, -0.1) is 0 Å². The molecule has 3 heterocycles. The molecule has 190 valence electrons. The molecule has 2 aromatic heterocycles. The van der Waals surface area contributed by atoms with E-state index in [2.05, 4.69) is 10.2 Å². The third-order valence-electron chi connectivity index (χ3n) is 6.84. The number of nitrogens with one attached hydrogen (secondary N) is 1. The number of nitrogens with zero attached hydrogens (tertiary/aromatic N) is 2. The van der Waals surface area contributed by atoms with Gasteiger partial charge in [-0.1, -0.05) is 66.2 Å². The van der Waals surface area contributed by atoms with Gasteiger partial charge in [0.2, 0.25) is 0 Å². The first-order valence-electron chi connectivity index (χ1n) is 12.5. The lowest BCUT2D eigenvalue weighted by Gasteiger charge is -2.26. The van der Waals surface area contributed by atoms with Gasteiger partial charge in [-0.3, -0.25) is 9.89 Å². The van der Waals surface area contributed by atoms with Crippen molar-refractivity contribution < 1.29 is 18.7 Å². The van der Waals surface area contributed by atoms with Crippen molar-refractivity contribution in [2.75, 3.05) is 7.11 Å². The number of furan rings is 1. The van der Waals surface area contributed by atoms with Crippen LogP contribution in [0.4, 0.5) is 0 Å². The lowest BCUT2D eigenvalue weighted by atomic mass is 9.95. The monoisotopic (exact) mass is 505 g/mol. The Morgan fingerprint density at radius 2 is 1.79 bits per heavy atom. The number of aromatic amines is 1. The van der Waals surface area contributed by atoms with E-state index < -0.39 is 6.04 Å². The number of methoxy groups -OCH3 is 1. The Kier molecular flexibility index (Phi) is 6.17. The highest BCUT2D eigenvalue weighted by Gasteiger charge is 2.42. The van der Waals surface area contributed by atoms with Crippen molar-refractivity contribution in [2.45, 2.75) is 26.1 Å². The lowest BCUT2D eigenvalue weighted by Crippen LogP contribution is -2.29. The van der Waals surface area contributed by atoms with E-state index in [1.807, 2.05) is 91.9 Å². The van der Waals surface area contributed by atoms with Crippen LogP contribution in [-0.2, 0) is 13.2 Å². The molecule has 0 radical (unpaired) electrons. The highest BCUT2D eigenvalue weighted by Crippen LogP contribution is 2.45. The number of amides is 1. The molecule has 1 atom stereocenters. The molecule has 0 saturated heterocycles. The van der Waals surface area contributed by atoms with Crippen LogP contribution in [-0.4, -0.2) is 28.1 Å². The predicted octanol–water partition coefficient (Wildman–Crippen LogP) is 6.31. The molecule has 1 aliphatic heterocycles. The van der Waals surface area contributed by atoms with Gasteiger partial charge < -0.3 is 18.8 Å². The molecular weight excluding hydrogens is 478 g/mol. The van der Waals surface area contributed by atoms with Crippen LogP contribution in [0.15, 0.2) is 95.6 Å². The summed E-state index contributed by atoms with van der Waals surface area (Å²) in [4.78, 5) is 15.4. The molecule has 0 bridgehead atoms. The standard InChI is InChI=1S/C31H27N3O4/c1-20-10-12-22(13-11-20)28-27-29(33-32-28)31(35)34(18-24-9-6-16-37-24)30(27)23-14-15-25(26(17-23)36-2)38-19-21-7-4-3-5-8-21/h3-17,30H,18-19H2,1-2H3,(H,32,33). The van der Waals surface area contributed by atoms with Gasteiger partial charge in [-0.2, -0.15) is 5.10 Å². The van der Waals surface area contributed by atoms with E-state index in [0.717, 1.165) is 33.5 Å². The van der Waals surface area contributed by atoms with Crippen molar-refractivity contribution in [3.8, 4) is 22.8 Å². The number of aryl methyl sites for hydroxylation is 1. The summed E-state index contributed by atoms with van der Waals surface area (Å²) in [7, 11) is 1.62. The molecule has 7 heteroatoms. The number of hydrogen-bond acceptors (Lipinski definition) is 5. The fourth-order valence-electron chi connectivity index (χ4n) is 4.92. The Morgan fingerprint density at radius 3 is 2.53 bits per heavy atom. The SMILES string of the molecule is COc1cc(C2c3c(-c4ccc(C)cc4)n[nH]c3C(=O)N2Cc2ccco2)ccc1OCc1ccccc1. The van der Waals surface area contributed by atoms with Crippen LogP contribution in [0.2, 0.25) is 0 Å². The molecule has 38 heavy (non-hydrogen) atoms. The predicted molar refractivity (Wildman–Crippen MR) is 143 cm³/mol. The fourth-order valence-corrected chi connectivity index (χ4v) is 4.92. The van der Waals surface area contributed by atoms with E-state index >= 15 is 0 Å². The van der Waals surface area contributed by atoms with Crippen molar-refractivity contribution in [3.05, 3.63) is 125 Å². The maximum Gasteiger partial charge on any atom is 0.273 e. The van der Waals surface area contributed by atoms with Crippen molar-refractivity contribution in [2.24, 2.45) is 0 Å². The molecule has 1 aliphatic rings. The van der Waals surface area contributed by atoms with Crippen LogP contribution in [0, 0.1) is 6.92 Å². The number of carbonyl (C=O) groups excluding carboxylic acids is 1. The summed E-state index contributed by atoms with van der Waals surface area (Å²) in [6, 6.07) is 27.3. The minimum Gasteiger partial charge on any atom is -0.493 e. The molecule has 0 saturated carbocycles. The largest absolute Gasteiger partial charge is 0.493 e. The molecule has 3 aromatic carbocycles. The van der Waals surface area contributed by atoms with Gasteiger partial charge in [0.1, 0.15) is 18.1 Å². The normalized spacial score (nSPS) is 14.5. The number of benzene rings is 3. The number of hydrogen-bond donors (Lipinski definition) is 1. The van der Waals surface area contributed by atoms with Crippen LogP contribution in [0.1, 0.15) is 44.5 Å². The van der Waals surface area contributed by atoms with E-state index in [1.54, 1.807) is 18.3 Å². The van der Waals surface area contributed by atoms with E-state index in [0.29, 0.717) is 36.1 Å². The summed E-state index contributed by atoms with van der Waals surface area (Å²) in [5.41, 5.74) is 6.14. The number of ether oxygens (including phenoxy) is 2. The van der Waals surface area contributed by atoms with E-state index in [9.17, 15) is 4.79 Å². The Balaban J connectivity index is 1.40. The van der Waals surface area contributed by atoms with Gasteiger partial charge in [0.15, 0.2) is 11.5 Å². The van der Waals surface area contributed by atoms with Crippen LogP contribution < -0.4 is 9.47 Å². The number of rotatable bonds is 8. The van der Waals surface area contributed by atoms with Crippen LogP contribution >= 0.6 is 0 Å². The summed E-state index contributed by atoms with van der Waals surface area (Å²) in [6.07, 6.45) is 1.62. The molecule has 1 unspecified atom stereocenters. The van der Waals surface area contributed by atoms with Crippen LogP contribution in [0.25, 0.3) is 11.3 Å². The number of carbonyl (C=O) groups is 1. The second kappa shape index (κ2) is 9.94. The van der Waals surface area contributed by atoms with Gasteiger partial charge >= 0.3 is 0 Å². The second-order valence-corrected chi connectivity index (χ2v) is 9.33. The van der Waals surface area contributed by atoms with E-state index in [4.69, 9.17) is 13.9 Å². The number of aromatic nitrogens is 2. The van der Waals surface area contributed by atoms with Gasteiger partial charge in [-0.25, -0.2) is 0 Å². The maximum atomic E-state index is 13.6. The molecule has 7 nitrogen and oxygen atoms in total. The zero-order valence-corrected chi connectivity index (χ0v) is 21.2. The van der Waals surface area contributed by atoms with Gasteiger partial charge in [-0.05, 0) is 42.3 Å². The average molecular weight is 506 g/mol. The van der Waals surface area contributed by atoms with E-state index in [1.165, 1.54) is 0 Å². The quantitative estimate of drug-likeness (QED) is 0.267. The highest BCUT2D eigenvalue weighted by atomic mass is 16.5. The molecule has 5 aromatic rings.